The van der Waals surface area contributed by atoms with Gasteiger partial charge in [-0.05, 0) is 55.7 Å². The first-order valence-electron chi connectivity index (χ1n) is 6.68. The second-order valence-corrected chi connectivity index (χ2v) is 5.42. The molecule has 2 fully saturated rings. The van der Waals surface area contributed by atoms with Crippen molar-refractivity contribution in [1.29, 1.82) is 0 Å². The maximum Gasteiger partial charge on any atom is -0.000620 e. The molecule has 0 spiro atoms. The lowest BCUT2D eigenvalue weighted by molar-refractivity contribution is 0.307. The zero-order valence-corrected chi connectivity index (χ0v) is 9.91. The van der Waals surface area contributed by atoms with Crippen LogP contribution in [0.4, 0.5) is 0 Å². The summed E-state index contributed by atoms with van der Waals surface area (Å²) >= 11 is 0. The number of rotatable bonds is 1. The van der Waals surface area contributed by atoms with E-state index in [1.807, 2.05) is 0 Å². The van der Waals surface area contributed by atoms with Crippen molar-refractivity contribution in [2.75, 3.05) is 13.1 Å². The standard InChI is InChI=1S/C15H21N/c1-2-6-13(7-3-1)15-9-4-8-14(15)12-16-11-5-10-15/h1-3,6-7,14,16H,4-5,8-12H2. The van der Waals surface area contributed by atoms with Gasteiger partial charge in [0.05, 0.1) is 0 Å². The fraction of sp³-hybridized carbons (Fsp3) is 0.600. The zero-order valence-electron chi connectivity index (χ0n) is 9.91. The van der Waals surface area contributed by atoms with Crippen LogP contribution in [0.3, 0.4) is 0 Å². The van der Waals surface area contributed by atoms with E-state index in [0.717, 1.165) is 5.92 Å². The van der Waals surface area contributed by atoms with Gasteiger partial charge < -0.3 is 5.32 Å². The summed E-state index contributed by atoms with van der Waals surface area (Å²) in [5.74, 6) is 0.873. The van der Waals surface area contributed by atoms with Gasteiger partial charge in [0.1, 0.15) is 0 Å². The molecule has 1 N–H and O–H groups in total. The van der Waals surface area contributed by atoms with E-state index in [1.54, 1.807) is 5.56 Å². The Balaban J connectivity index is 1.99. The van der Waals surface area contributed by atoms with Crippen molar-refractivity contribution in [2.45, 2.75) is 37.5 Å². The number of nitrogens with one attached hydrogen (secondary N) is 1. The van der Waals surface area contributed by atoms with Gasteiger partial charge in [0.2, 0.25) is 0 Å². The minimum atomic E-state index is 0.505. The van der Waals surface area contributed by atoms with Crippen molar-refractivity contribution < 1.29 is 0 Å². The van der Waals surface area contributed by atoms with Crippen molar-refractivity contribution in [2.24, 2.45) is 5.92 Å². The van der Waals surface area contributed by atoms with Crippen LogP contribution in [0.5, 0.6) is 0 Å². The molecule has 3 rings (SSSR count). The molecule has 16 heavy (non-hydrogen) atoms. The number of benzene rings is 1. The summed E-state index contributed by atoms with van der Waals surface area (Å²) in [5, 5.41) is 3.61. The van der Waals surface area contributed by atoms with E-state index >= 15 is 0 Å². The summed E-state index contributed by atoms with van der Waals surface area (Å²) in [6.07, 6.45) is 6.96. The van der Waals surface area contributed by atoms with Crippen LogP contribution in [-0.4, -0.2) is 13.1 Å². The third-order valence-electron chi connectivity index (χ3n) is 4.67. The lowest BCUT2D eigenvalue weighted by Gasteiger charge is -2.34. The van der Waals surface area contributed by atoms with Gasteiger partial charge in [-0.1, -0.05) is 36.8 Å². The highest BCUT2D eigenvalue weighted by atomic mass is 14.9. The van der Waals surface area contributed by atoms with Crippen LogP contribution in [0.1, 0.15) is 37.7 Å². The molecule has 2 unspecified atom stereocenters. The Labute approximate surface area is 98.3 Å². The highest BCUT2D eigenvalue weighted by Gasteiger charge is 2.43. The van der Waals surface area contributed by atoms with Crippen LogP contribution < -0.4 is 5.32 Å². The summed E-state index contributed by atoms with van der Waals surface area (Å²) in [7, 11) is 0. The molecule has 1 aliphatic heterocycles. The van der Waals surface area contributed by atoms with E-state index in [1.165, 1.54) is 45.2 Å². The maximum atomic E-state index is 3.61. The number of hydrogen-bond acceptors (Lipinski definition) is 1. The third-order valence-corrected chi connectivity index (χ3v) is 4.67. The molecule has 86 valence electrons. The molecule has 2 atom stereocenters. The molecule has 1 saturated heterocycles. The van der Waals surface area contributed by atoms with Crippen LogP contribution in [0.25, 0.3) is 0 Å². The Kier molecular flexibility index (Phi) is 2.72. The third kappa shape index (κ3) is 1.58. The summed E-state index contributed by atoms with van der Waals surface area (Å²) in [5.41, 5.74) is 2.10. The summed E-state index contributed by atoms with van der Waals surface area (Å²) < 4.78 is 0. The van der Waals surface area contributed by atoms with Crippen molar-refractivity contribution >= 4 is 0 Å². The molecule has 1 saturated carbocycles. The van der Waals surface area contributed by atoms with E-state index in [-0.39, 0.29) is 0 Å². The summed E-state index contributed by atoms with van der Waals surface area (Å²) in [4.78, 5) is 0. The molecule has 0 radical (unpaired) electrons. The highest BCUT2D eigenvalue weighted by molar-refractivity contribution is 5.28. The van der Waals surface area contributed by atoms with Gasteiger partial charge in [-0.2, -0.15) is 0 Å². The molecular weight excluding hydrogens is 194 g/mol. The van der Waals surface area contributed by atoms with Gasteiger partial charge in [-0.25, -0.2) is 0 Å². The Bertz CT molecular complexity index is 346. The largest absolute Gasteiger partial charge is 0.316 e. The minimum absolute atomic E-state index is 0.505. The quantitative estimate of drug-likeness (QED) is 0.759. The Morgan fingerprint density at radius 1 is 1.06 bits per heavy atom. The molecule has 1 heterocycles. The minimum Gasteiger partial charge on any atom is -0.316 e. The molecule has 1 aromatic carbocycles. The van der Waals surface area contributed by atoms with Crippen LogP contribution in [0.2, 0.25) is 0 Å². The average Bonchev–Trinajstić information content (AvgIpc) is 2.65. The SMILES string of the molecule is c1ccc(C23CCCNCC2CCC3)cc1. The molecule has 1 heteroatoms. The van der Waals surface area contributed by atoms with E-state index in [9.17, 15) is 0 Å². The lowest BCUT2D eigenvalue weighted by Crippen LogP contribution is -2.33. The van der Waals surface area contributed by atoms with Crippen LogP contribution >= 0.6 is 0 Å². The van der Waals surface area contributed by atoms with Crippen molar-refractivity contribution in [3.63, 3.8) is 0 Å². The van der Waals surface area contributed by atoms with Gasteiger partial charge >= 0.3 is 0 Å². The Hall–Kier alpha value is -0.820. The summed E-state index contributed by atoms with van der Waals surface area (Å²) in [6, 6.07) is 11.3. The topological polar surface area (TPSA) is 12.0 Å². The molecule has 0 amide bonds. The zero-order chi connectivity index (χ0) is 10.8. The lowest BCUT2D eigenvalue weighted by atomic mass is 9.70. The average molecular weight is 215 g/mol. The van der Waals surface area contributed by atoms with Gasteiger partial charge in [-0.15, -0.1) is 0 Å². The predicted octanol–water partition coefficient (Wildman–Crippen LogP) is 3.11. The first-order chi connectivity index (χ1) is 7.92. The van der Waals surface area contributed by atoms with Crippen LogP contribution in [0.15, 0.2) is 30.3 Å². The normalized spacial score (nSPS) is 34.4. The Morgan fingerprint density at radius 3 is 2.75 bits per heavy atom. The van der Waals surface area contributed by atoms with Gasteiger partial charge in [-0.3, -0.25) is 0 Å². The number of fused-ring (bicyclic) bond motifs is 1. The molecule has 0 aromatic heterocycles. The molecule has 1 aromatic rings. The number of hydrogen-bond donors (Lipinski definition) is 1. The van der Waals surface area contributed by atoms with E-state index in [4.69, 9.17) is 0 Å². The fourth-order valence-corrected chi connectivity index (χ4v) is 3.87. The van der Waals surface area contributed by atoms with Crippen molar-refractivity contribution in [3.05, 3.63) is 35.9 Å². The first-order valence-corrected chi connectivity index (χ1v) is 6.68. The second kappa shape index (κ2) is 4.21. The molecule has 1 nitrogen and oxygen atoms in total. The fourth-order valence-electron chi connectivity index (χ4n) is 3.87. The van der Waals surface area contributed by atoms with E-state index in [0.29, 0.717) is 5.41 Å². The van der Waals surface area contributed by atoms with Crippen molar-refractivity contribution in [3.8, 4) is 0 Å². The van der Waals surface area contributed by atoms with E-state index in [2.05, 4.69) is 35.6 Å². The molecule has 1 aliphatic carbocycles. The highest BCUT2D eigenvalue weighted by Crippen LogP contribution is 2.49. The monoisotopic (exact) mass is 215 g/mol. The first kappa shape index (κ1) is 10.3. The van der Waals surface area contributed by atoms with Crippen LogP contribution in [0, 0.1) is 5.92 Å². The van der Waals surface area contributed by atoms with Gasteiger partial charge in [0, 0.05) is 0 Å². The van der Waals surface area contributed by atoms with E-state index < -0.39 is 0 Å². The molecule has 0 bridgehead atoms. The molecular formula is C15H21N. The van der Waals surface area contributed by atoms with Crippen molar-refractivity contribution in [1.82, 2.24) is 5.32 Å². The van der Waals surface area contributed by atoms with Gasteiger partial charge in [0.15, 0.2) is 0 Å². The molecule has 2 aliphatic rings. The van der Waals surface area contributed by atoms with Crippen LogP contribution in [-0.2, 0) is 5.41 Å². The smallest absolute Gasteiger partial charge is 0.000620 e. The second-order valence-electron chi connectivity index (χ2n) is 5.42. The summed E-state index contributed by atoms with van der Waals surface area (Å²) in [6.45, 7) is 2.44. The Morgan fingerprint density at radius 2 is 1.88 bits per heavy atom. The maximum absolute atomic E-state index is 3.61. The van der Waals surface area contributed by atoms with Gasteiger partial charge in [0.25, 0.3) is 0 Å². The predicted molar refractivity (Wildman–Crippen MR) is 67.6 cm³/mol.